The molecule has 2 amide bonds. The Morgan fingerprint density at radius 1 is 1.12 bits per heavy atom. The van der Waals surface area contributed by atoms with Gasteiger partial charge in [-0.3, -0.25) is 9.59 Å². The van der Waals surface area contributed by atoms with E-state index in [0.717, 1.165) is 65.1 Å². The first-order valence-electron chi connectivity index (χ1n) is 9.45. The maximum Gasteiger partial charge on any atom is 0.271 e. The summed E-state index contributed by atoms with van der Waals surface area (Å²) in [4.78, 5) is 37.7. The van der Waals surface area contributed by atoms with Crippen molar-refractivity contribution in [1.82, 2.24) is 24.7 Å². The van der Waals surface area contributed by atoms with Gasteiger partial charge in [0.25, 0.3) is 5.91 Å². The molecule has 0 spiro atoms. The number of carbonyl (C=O) groups excluding carboxylic acids is 2. The molecule has 0 saturated carbocycles. The van der Waals surface area contributed by atoms with E-state index >= 15 is 0 Å². The molecule has 0 aromatic carbocycles. The van der Waals surface area contributed by atoms with Gasteiger partial charge in [-0.2, -0.15) is 0 Å². The van der Waals surface area contributed by atoms with Crippen molar-refractivity contribution in [2.75, 3.05) is 45.8 Å². The monoisotopic (exact) mass is 347 g/mol. The predicted molar refractivity (Wildman–Crippen MR) is 95.1 cm³/mol. The number of aromatic nitrogens is 2. The van der Waals surface area contributed by atoms with E-state index in [9.17, 15) is 9.59 Å². The molecule has 0 radical (unpaired) electrons. The summed E-state index contributed by atoms with van der Waals surface area (Å²) in [6, 6.07) is 0. The van der Waals surface area contributed by atoms with E-state index in [-0.39, 0.29) is 5.91 Å². The highest BCUT2D eigenvalue weighted by molar-refractivity contribution is 5.92. The third kappa shape index (κ3) is 4.60. The van der Waals surface area contributed by atoms with Crippen molar-refractivity contribution in [3.05, 3.63) is 18.2 Å². The largest absolute Gasteiger partial charge is 0.341 e. The molecule has 2 fully saturated rings. The van der Waals surface area contributed by atoms with Gasteiger partial charge >= 0.3 is 0 Å². The van der Waals surface area contributed by atoms with Crippen molar-refractivity contribution in [3.8, 4) is 0 Å². The highest BCUT2D eigenvalue weighted by Gasteiger charge is 2.26. The van der Waals surface area contributed by atoms with E-state index in [1.54, 1.807) is 6.20 Å². The van der Waals surface area contributed by atoms with Crippen LogP contribution in [0.2, 0.25) is 0 Å². The van der Waals surface area contributed by atoms with E-state index in [4.69, 9.17) is 0 Å². The molecule has 2 aliphatic rings. The van der Waals surface area contributed by atoms with E-state index in [0.29, 0.717) is 23.9 Å². The third-order valence-corrected chi connectivity index (χ3v) is 5.57. The maximum absolute atomic E-state index is 12.4. The molecule has 0 unspecified atom stereocenters. The fourth-order valence-electron chi connectivity index (χ4n) is 3.77. The number of imidazole rings is 1. The molecule has 25 heavy (non-hydrogen) atoms. The molecule has 1 aromatic heterocycles. The summed E-state index contributed by atoms with van der Waals surface area (Å²) in [5.74, 6) is 0.874. The molecule has 2 saturated heterocycles. The smallest absolute Gasteiger partial charge is 0.271 e. The molecule has 3 rings (SSSR count). The number of nitrogens with one attached hydrogen (secondary N) is 1. The summed E-state index contributed by atoms with van der Waals surface area (Å²) in [6.45, 7) is 8.50. The number of aromatic amines is 1. The van der Waals surface area contributed by atoms with Crippen molar-refractivity contribution in [2.24, 2.45) is 5.92 Å². The zero-order valence-electron chi connectivity index (χ0n) is 15.1. The third-order valence-electron chi connectivity index (χ3n) is 5.57. The van der Waals surface area contributed by atoms with Gasteiger partial charge in [-0.15, -0.1) is 0 Å². The minimum Gasteiger partial charge on any atom is -0.341 e. The van der Waals surface area contributed by atoms with Gasteiger partial charge in [0, 0.05) is 45.7 Å². The van der Waals surface area contributed by atoms with Crippen molar-refractivity contribution >= 4 is 11.8 Å². The molecule has 3 heterocycles. The van der Waals surface area contributed by atoms with Crippen LogP contribution in [0.5, 0.6) is 0 Å². The number of hydrogen-bond donors (Lipinski definition) is 1. The van der Waals surface area contributed by atoms with Crippen molar-refractivity contribution < 1.29 is 9.59 Å². The molecule has 1 aromatic rings. The van der Waals surface area contributed by atoms with Crippen LogP contribution in [0.4, 0.5) is 0 Å². The van der Waals surface area contributed by atoms with Crippen LogP contribution in [0, 0.1) is 5.92 Å². The Kier molecular flexibility index (Phi) is 6.07. The Morgan fingerprint density at radius 2 is 1.84 bits per heavy atom. The summed E-state index contributed by atoms with van der Waals surface area (Å²) in [6.07, 6.45) is 6.66. The Balaban J connectivity index is 1.36. The molecular formula is C18H29N5O2. The standard InChI is InChI=1S/C18H29N5O2/c1-2-21-9-11-22(12-10-21)17(24)4-3-15-5-7-23(8-6-15)18(25)16-13-19-14-20-16/h13-15H,2-12H2,1H3,(H,19,20). The lowest BCUT2D eigenvalue weighted by Gasteiger charge is -2.35. The maximum atomic E-state index is 12.4. The van der Waals surface area contributed by atoms with Crippen LogP contribution in [-0.4, -0.2) is 82.3 Å². The minimum absolute atomic E-state index is 0.0285. The summed E-state index contributed by atoms with van der Waals surface area (Å²) in [5, 5.41) is 0. The van der Waals surface area contributed by atoms with Gasteiger partial charge in [-0.05, 0) is 31.7 Å². The first-order valence-corrected chi connectivity index (χ1v) is 9.45. The number of piperazine rings is 1. The second-order valence-electron chi connectivity index (χ2n) is 7.05. The number of rotatable bonds is 5. The van der Waals surface area contributed by atoms with Gasteiger partial charge in [0.15, 0.2) is 0 Å². The van der Waals surface area contributed by atoms with Crippen LogP contribution < -0.4 is 0 Å². The molecular weight excluding hydrogens is 318 g/mol. The quantitative estimate of drug-likeness (QED) is 0.869. The first kappa shape index (κ1) is 17.9. The molecule has 138 valence electrons. The molecule has 7 heteroatoms. The zero-order chi connectivity index (χ0) is 17.6. The molecule has 7 nitrogen and oxygen atoms in total. The second kappa shape index (κ2) is 8.47. The number of amides is 2. The fraction of sp³-hybridized carbons (Fsp3) is 0.722. The van der Waals surface area contributed by atoms with Crippen LogP contribution in [0.25, 0.3) is 0 Å². The van der Waals surface area contributed by atoms with E-state index in [1.807, 2.05) is 9.80 Å². The Hall–Kier alpha value is -1.89. The lowest BCUT2D eigenvalue weighted by molar-refractivity contribution is -0.133. The molecule has 0 aliphatic carbocycles. The van der Waals surface area contributed by atoms with E-state index in [2.05, 4.69) is 21.8 Å². The number of hydrogen-bond acceptors (Lipinski definition) is 4. The van der Waals surface area contributed by atoms with Crippen LogP contribution in [0.1, 0.15) is 43.1 Å². The number of likely N-dealkylation sites (N-methyl/N-ethyl adjacent to an activating group) is 1. The number of piperidine rings is 1. The molecule has 1 N–H and O–H groups in total. The van der Waals surface area contributed by atoms with Gasteiger partial charge in [0.2, 0.25) is 5.91 Å². The van der Waals surface area contributed by atoms with Gasteiger partial charge in [-0.25, -0.2) is 4.98 Å². The van der Waals surface area contributed by atoms with Gasteiger partial charge in [0.1, 0.15) is 5.69 Å². The van der Waals surface area contributed by atoms with Crippen LogP contribution in [0.3, 0.4) is 0 Å². The van der Waals surface area contributed by atoms with Crippen LogP contribution in [0.15, 0.2) is 12.5 Å². The first-order chi connectivity index (χ1) is 12.2. The van der Waals surface area contributed by atoms with E-state index in [1.165, 1.54) is 6.33 Å². The van der Waals surface area contributed by atoms with Crippen molar-refractivity contribution in [3.63, 3.8) is 0 Å². The number of carbonyl (C=O) groups is 2. The SMILES string of the molecule is CCN1CCN(C(=O)CCC2CCN(C(=O)c3cnc[nH]3)CC2)CC1. The lowest BCUT2D eigenvalue weighted by atomic mass is 9.91. The summed E-state index contributed by atoms with van der Waals surface area (Å²) in [7, 11) is 0. The Labute approximate surface area is 149 Å². The number of nitrogens with zero attached hydrogens (tertiary/aromatic N) is 4. The van der Waals surface area contributed by atoms with Gasteiger partial charge < -0.3 is 19.7 Å². The lowest BCUT2D eigenvalue weighted by Crippen LogP contribution is -2.48. The van der Waals surface area contributed by atoms with Crippen molar-refractivity contribution in [1.29, 1.82) is 0 Å². The second-order valence-corrected chi connectivity index (χ2v) is 7.05. The van der Waals surface area contributed by atoms with E-state index < -0.39 is 0 Å². The normalized spacial score (nSPS) is 20.0. The fourth-order valence-corrected chi connectivity index (χ4v) is 3.77. The summed E-state index contributed by atoms with van der Waals surface area (Å²) >= 11 is 0. The van der Waals surface area contributed by atoms with Crippen LogP contribution >= 0.6 is 0 Å². The molecule has 0 atom stereocenters. The topological polar surface area (TPSA) is 72.5 Å². The van der Waals surface area contributed by atoms with Gasteiger partial charge in [0.05, 0.1) is 12.5 Å². The molecule has 0 bridgehead atoms. The molecule has 2 aliphatic heterocycles. The van der Waals surface area contributed by atoms with Gasteiger partial charge in [-0.1, -0.05) is 6.92 Å². The highest BCUT2D eigenvalue weighted by atomic mass is 16.2. The number of likely N-dealkylation sites (tertiary alicyclic amines) is 1. The summed E-state index contributed by atoms with van der Waals surface area (Å²) in [5.41, 5.74) is 0.555. The van der Waals surface area contributed by atoms with Crippen LogP contribution in [-0.2, 0) is 4.79 Å². The zero-order valence-corrected chi connectivity index (χ0v) is 15.1. The minimum atomic E-state index is 0.0285. The highest BCUT2D eigenvalue weighted by Crippen LogP contribution is 2.23. The number of H-pyrrole nitrogens is 1. The Bertz CT molecular complexity index is 558. The summed E-state index contributed by atoms with van der Waals surface area (Å²) < 4.78 is 0. The van der Waals surface area contributed by atoms with Crippen molar-refractivity contribution in [2.45, 2.75) is 32.6 Å². The average molecular weight is 347 g/mol. The predicted octanol–water partition coefficient (Wildman–Crippen LogP) is 1.21. The Morgan fingerprint density at radius 3 is 2.44 bits per heavy atom. The average Bonchev–Trinajstić information content (AvgIpc) is 3.21.